The molecule has 0 aromatic heterocycles. The number of hydrogen-bond acceptors (Lipinski definition) is 8. The van der Waals surface area contributed by atoms with Crippen LogP contribution < -0.4 is 14.9 Å². The number of ether oxygens (including phenoxy) is 3. The van der Waals surface area contributed by atoms with Crippen molar-refractivity contribution < 1.29 is 28.7 Å². The van der Waals surface area contributed by atoms with Gasteiger partial charge in [0.05, 0.1) is 31.3 Å². The van der Waals surface area contributed by atoms with Gasteiger partial charge in [0.1, 0.15) is 0 Å². The molecule has 2 aromatic rings. The van der Waals surface area contributed by atoms with Crippen molar-refractivity contribution in [3.05, 3.63) is 62.1 Å². The molecule has 1 amide bonds. The van der Waals surface area contributed by atoms with Gasteiger partial charge in [-0.3, -0.25) is 14.9 Å². The Morgan fingerprint density at radius 1 is 1.26 bits per heavy atom. The summed E-state index contributed by atoms with van der Waals surface area (Å²) in [4.78, 5) is 34.1. The van der Waals surface area contributed by atoms with Crippen molar-refractivity contribution in [1.82, 2.24) is 5.43 Å². The average Bonchev–Trinajstić information content (AvgIpc) is 2.74. The molecule has 0 radical (unpaired) electrons. The number of hydrazone groups is 1. The molecule has 10 nitrogen and oxygen atoms in total. The first kappa shape index (κ1) is 23.8. The van der Waals surface area contributed by atoms with Gasteiger partial charge in [0, 0.05) is 21.7 Å². The highest BCUT2D eigenvalue weighted by Gasteiger charge is 2.15. The maximum Gasteiger partial charge on any atom is 0.344 e. The molecule has 0 bridgehead atoms. The Hall–Kier alpha value is -3.47. The summed E-state index contributed by atoms with van der Waals surface area (Å²) < 4.78 is 16.1. The summed E-state index contributed by atoms with van der Waals surface area (Å²) in [5, 5.41) is 14.9. The van der Waals surface area contributed by atoms with Gasteiger partial charge in [-0.25, -0.2) is 10.2 Å². The van der Waals surface area contributed by atoms with Crippen LogP contribution in [0, 0.1) is 10.1 Å². The number of carbonyl (C=O) groups excluding carboxylic acids is 2. The van der Waals surface area contributed by atoms with Crippen molar-refractivity contribution in [3.8, 4) is 11.5 Å². The molecule has 0 heterocycles. The Morgan fingerprint density at radius 3 is 2.68 bits per heavy atom. The van der Waals surface area contributed by atoms with E-state index >= 15 is 0 Å². The highest BCUT2D eigenvalue weighted by molar-refractivity contribution is 9.10. The molecule has 0 saturated carbocycles. The fourth-order valence-corrected chi connectivity index (χ4v) is 2.91. The Kier molecular flexibility index (Phi) is 8.94. The van der Waals surface area contributed by atoms with E-state index in [2.05, 4.69) is 26.5 Å². The van der Waals surface area contributed by atoms with Gasteiger partial charge in [-0.2, -0.15) is 5.10 Å². The van der Waals surface area contributed by atoms with E-state index in [1.165, 1.54) is 31.5 Å². The molecular formula is C20H20BrN3O7. The lowest BCUT2D eigenvalue weighted by Crippen LogP contribution is -2.20. The standard InChI is InChI=1S/C20H20BrN3O7/c1-3-30-20(26)12-31-18-10-15(21)14(8-17(18)29-2)11-22-23-19(25)9-13-6-4-5-7-16(13)24(27)28/h4-8,10-11H,3,9,12H2,1-2H3,(H,23,25). The van der Waals surface area contributed by atoms with Gasteiger partial charge in [-0.05, 0) is 35.0 Å². The van der Waals surface area contributed by atoms with Crippen LogP contribution in [0.1, 0.15) is 18.1 Å². The minimum absolute atomic E-state index is 0.132. The minimum atomic E-state index is -0.541. The maximum atomic E-state index is 12.1. The molecule has 2 rings (SSSR count). The van der Waals surface area contributed by atoms with E-state index in [0.29, 0.717) is 21.5 Å². The van der Waals surface area contributed by atoms with Crippen LogP contribution >= 0.6 is 15.9 Å². The highest BCUT2D eigenvalue weighted by atomic mass is 79.9. The van der Waals surface area contributed by atoms with E-state index in [0.717, 1.165) is 0 Å². The molecule has 0 spiro atoms. The van der Waals surface area contributed by atoms with Gasteiger partial charge in [0.25, 0.3) is 5.69 Å². The smallest absolute Gasteiger partial charge is 0.344 e. The molecule has 164 valence electrons. The number of halogens is 1. The van der Waals surface area contributed by atoms with Crippen LogP contribution in [-0.4, -0.2) is 43.3 Å². The number of nitro groups is 1. The molecule has 0 unspecified atom stereocenters. The first-order valence-corrected chi connectivity index (χ1v) is 9.85. The van der Waals surface area contributed by atoms with E-state index in [1.54, 1.807) is 25.1 Å². The third kappa shape index (κ3) is 7.07. The molecule has 2 aromatic carbocycles. The summed E-state index contributed by atoms with van der Waals surface area (Å²) in [6.07, 6.45) is 1.18. The van der Waals surface area contributed by atoms with Crippen LogP contribution in [0.4, 0.5) is 5.69 Å². The molecule has 0 aliphatic heterocycles. The lowest BCUT2D eigenvalue weighted by Gasteiger charge is -2.12. The monoisotopic (exact) mass is 493 g/mol. The predicted molar refractivity (Wildman–Crippen MR) is 115 cm³/mol. The summed E-state index contributed by atoms with van der Waals surface area (Å²) in [5.41, 5.74) is 3.05. The average molecular weight is 494 g/mol. The lowest BCUT2D eigenvalue weighted by molar-refractivity contribution is -0.385. The number of nitro benzene ring substituents is 1. The Labute approximate surface area is 186 Å². The molecule has 0 saturated heterocycles. The third-order valence-corrected chi connectivity index (χ3v) is 4.55. The van der Waals surface area contributed by atoms with Crippen LogP contribution in [0.5, 0.6) is 11.5 Å². The normalized spacial score (nSPS) is 10.5. The molecule has 0 aliphatic carbocycles. The number of hydrogen-bond donors (Lipinski definition) is 1. The third-order valence-electron chi connectivity index (χ3n) is 3.87. The summed E-state index contributed by atoms with van der Waals surface area (Å²) in [7, 11) is 1.44. The molecule has 0 aliphatic rings. The van der Waals surface area contributed by atoms with Crippen molar-refractivity contribution in [2.24, 2.45) is 5.10 Å². The van der Waals surface area contributed by atoms with Gasteiger partial charge in [0.15, 0.2) is 18.1 Å². The van der Waals surface area contributed by atoms with Crippen LogP contribution in [0.3, 0.4) is 0 Å². The second kappa shape index (κ2) is 11.6. The van der Waals surface area contributed by atoms with Crippen molar-refractivity contribution in [1.29, 1.82) is 0 Å². The van der Waals surface area contributed by atoms with Crippen LogP contribution in [0.15, 0.2) is 46.0 Å². The number of benzene rings is 2. The van der Waals surface area contributed by atoms with Crippen molar-refractivity contribution in [2.45, 2.75) is 13.3 Å². The molecular weight excluding hydrogens is 474 g/mol. The maximum absolute atomic E-state index is 12.1. The summed E-state index contributed by atoms with van der Waals surface area (Å²) in [5.74, 6) is -0.351. The van der Waals surface area contributed by atoms with Crippen molar-refractivity contribution >= 4 is 39.7 Å². The molecule has 1 N–H and O–H groups in total. The van der Waals surface area contributed by atoms with Gasteiger partial charge in [0.2, 0.25) is 5.91 Å². The van der Waals surface area contributed by atoms with Crippen LogP contribution in [0.2, 0.25) is 0 Å². The van der Waals surface area contributed by atoms with Gasteiger partial charge in [-0.15, -0.1) is 0 Å². The van der Waals surface area contributed by atoms with E-state index in [4.69, 9.17) is 14.2 Å². The highest BCUT2D eigenvalue weighted by Crippen LogP contribution is 2.33. The minimum Gasteiger partial charge on any atom is -0.493 e. The molecule has 0 atom stereocenters. The van der Waals surface area contributed by atoms with Crippen LogP contribution in [-0.2, 0) is 20.7 Å². The van der Waals surface area contributed by atoms with Crippen molar-refractivity contribution in [2.75, 3.05) is 20.3 Å². The second-order valence-corrected chi connectivity index (χ2v) is 6.83. The zero-order valence-electron chi connectivity index (χ0n) is 16.8. The first-order chi connectivity index (χ1) is 14.8. The SMILES string of the molecule is CCOC(=O)COc1cc(Br)c(C=NNC(=O)Cc2ccccc2[N+](=O)[O-])cc1OC. The van der Waals surface area contributed by atoms with E-state index in [-0.39, 0.29) is 30.9 Å². The number of nitrogens with one attached hydrogen (secondary N) is 1. The van der Waals surface area contributed by atoms with Crippen LogP contribution in [0.25, 0.3) is 0 Å². The van der Waals surface area contributed by atoms with Gasteiger partial charge >= 0.3 is 5.97 Å². The van der Waals surface area contributed by atoms with E-state index in [9.17, 15) is 19.7 Å². The number of para-hydroxylation sites is 1. The zero-order valence-corrected chi connectivity index (χ0v) is 18.4. The number of amides is 1. The fourth-order valence-electron chi connectivity index (χ4n) is 2.49. The zero-order chi connectivity index (χ0) is 22.8. The summed E-state index contributed by atoms with van der Waals surface area (Å²) >= 11 is 3.36. The fraction of sp³-hybridized carbons (Fsp3) is 0.250. The summed E-state index contributed by atoms with van der Waals surface area (Å²) in [6.45, 7) is 1.68. The van der Waals surface area contributed by atoms with Gasteiger partial charge < -0.3 is 14.2 Å². The molecule has 31 heavy (non-hydrogen) atoms. The topological polar surface area (TPSA) is 129 Å². The Balaban J connectivity index is 2.04. The number of nitrogens with zero attached hydrogens (tertiary/aromatic N) is 2. The summed E-state index contributed by atoms with van der Waals surface area (Å²) in [6, 6.07) is 9.19. The molecule has 11 heteroatoms. The van der Waals surface area contributed by atoms with E-state index in [1.807, 2.05) is 0 Å². The first-order valence-electron chi connectivity index (χ1n) is 9.05. The Bertz CT molecular complexity index is 995. The van der Waals surface area contributed by atoms with E-state index < -0.39 is 16.8 Å². The quantitative estimate of drug-likeness (QED) is 0.233. The second-order valence-electron chi connectivity index (χ2n) is 5.97. The largest absolute Gasteiger partial charge is 0.493 e. The lowest BCUT2D eigenvalue weighted by atomic mass is 10.1. The van der Waals surface area contributed by atoms with Gasteiger partial charge in [-0.1, -0.05) is 18.2 Å². The number of rotatable bonds is 10. The number of esters is 1. The Morgan fingerprint density at radius 2 is 2.00 bits per heavy atom. The number of methoxy groups -OCH3 is 1. The predicted octanol–water partition coefficient (Wildman–Crippen LogP) is 3.00. The number of carbonyl (C=O) groups is 2. The van der Waals surface area contributed by atoms with Crippen molar-refractivity contribution in [3.63, 3.8) is 0 Å². The molecule has 0 fully saturated rings.